The third-order valence-electron chi connectivity index (χ3n) is 6.73. The molecule has 1 heterocycles. The number of hydrogen-bond acceptors (Lipinski definition) is 8. The van der Waals surface area contributed by atoms with Crippen LogP contribution >= 0.6 is 0 Å². The highest BCUT2D eigenvalue weighted by atomic mass is 16.6. The Labute approximate surface area is 163 Å². The monoisotopic (exact) mass is 396 g/mol. The minimum Gasteiger partial charge on any atom is -0.466 e. The van der Waals surface area contributed by atoms with Gasteiger partial charge in [-0.2, -0.15) is 0 Å². The molecule has 0 aromatic carbocycles. The van der Waals surface area contributed by atoms with E-state index in [0.717, 1.165) is 0 Å². The number of rotatable bonds is 5. The predicted octanol–water partition coefficient (Wildman–Crippen LogP) is 0.103. The van der Waals surface area contributed by atoms with Gasteiger partial charge in [0.15, 0.2) is 0 Å². The van der Waals surface area contributed by atoms with Gasteiger partial charge in [-0.3, -0.25) is 0 Å². The lowest BCUT2D eigenvalue weighted by Crippen LogP contribution is -2.64. The number of carbonyl (C=O) groups excluding carboxylic acids is 2. The Hall–Kier alpha value is -1.74. The van der Waals surface area contributed by atoms with Gasteiger partial charge in [0.05, 0.1) is 49.6 Å². The summed E-state index contributed by atoms with van der Waals surface area (Å²) in [6.07, 6.45) is -1.49. The molecule has 0 amide bonds. The van der Waals surface area contributed by atoms with Crippen LogP contribution in [0.3, 0.4) is 0 Å². The molecule has 3 N–H and O–H groups in total. The summed E-state index contributed by atoms with van der Waals surface area (Å²) in [7, 11) is 1.21. The molecule has 0 bridgehead atoms. The van der Waals surface area contributed by atoms with Crippen molar-refractivity contribution in [2.75, 3.05) is 20.3 Å². The molecular formula is C20H28O8. The van der Waals surface area contributed by atoms with Crippen molar-refractivity contribution in [2.24, 2.45) is 17.3 Å². The number of epoxide rings is 1. The van der Waals surface area contributed by atoms with E-state index in [9.17, 15) is 19.8 Å². The van der Waals surface area contributed by atoms with Gasteiger partial charge in [-0.25, -0.2) is 9.59 Å². The topological polar surface area (TPSA) is 126 Å². The number of fused-ring (bicyclic) bond motifs is 2. The molecule has 7 unspecified atom stereocenters. The second-order valence-electron chi connectivity index (χ2n) is 8.33. The fourth-order valence-electron chi connectivity index (χ4n) is 5.14. The molecule has 1 aliphatic heterocycles. The number of hydrogen-bond donors (Lipinski definition) is 3. The van der Waals surface area contributed by atoms with E-state index in [4.69, 9.17) is 19.3 Å². The second kappa shape index (κ2) is 7.26. The highest BCUT2D eigenvalue weighted by molar-refractivity contribution is 5.89. The Morgan fingerprint density at radius 2 is 1.89 bits per heavy atom. The van der Waals surface area contributed by atoms with E-state index in [1.165, 1.54) is 7.11 Å². The van der Waals surface area contributed by atoms with Gasteiger partial charge >= 0.3 is 11.9 Å². The van der Waals surface area contributed by atoms with Gasteiger partial charge in [-0.1, -0.05) is 20.1 Å². The van der Waals surface area contributed by atoms with Crippen molar-refractivity contribution >= 4 is 11.9 Å². The molecule has 1 saturated heterocycles. The lowest BCUT2D eigenvalue weighted by atomic mass is 9.51. The molecule has 0 radical (unpaired) electrons. The molecule has 28 heavy (non-hydrogen) atoms. The summed E-state index contributed by atoms with van der Waals surface area (Å²) in [6.45, 7) is 8.96. The summed E-state index contributed by atoms with van der Waals surface area (Å²) in [6, 6.07) is 0. The van der Waals surface area contributed by atoms with Crippen LogP contribution in [0, 0.1) is 17.3 Å². The molecule has 1 spiro atoms. The summed E-state index contributed by atoms with van der Waals surface area (Å²) in [5.41, 5.74) is -1.49. The maximum Gasteiger partial charge on any atom is 0.336 e. The minimum absolute atomic E-state index is 0.0136. The number of carbonyl (C=O) groups is 2. The lowest BCUT2D eigenvalue weighted by Gasteiger charge is -2.57. The second-order valence-corrected chi connectivity index (χ2v) is 8.33. The number of methoxy groups -OCH3 is 1. The fraction of sp³-hybridized carbons (Fsp3) is 0.700. The third-order valence-corrected chi connectivity index (χ3v) is 6.73. The summed E-state index contributed by atoms with van der Waals surface area (Å²) >= 11 is 0. The van der Waals surface area contributed by atoms with Crippen molar-refractivity contribution in [1.82, 2.24) is 0 Å². The normalized spacial score (nSPS) is 41.7. The number of aliphatic hydroxyl groups excluding tert-OH is 3. The lowest BCUT2D eigenvalue weighted by molar-refractivity contribution is -0.202. The van der Waals surface area contributed by atoms with E-state index < -0.39 is 59.7 Å². The third kappa shape index (κ3) is 3.18. The molecule has 8 nitrogen and oxygen atoms in total. The molecule has 3 rings (SSSR count). The average molecular weight is 396 g/mol. The van der Waals surface area contributed by atoms with E-state index >= 15 is 0 Å². The molecule has 3 aliphatic rings. The first kappa shape index (κ1) is 21.0. The first-order chi connectivity index (χ1) is 13.1. The van der Waals surface area contributed by atoms with E-state index in [1.54, 1.807) is 0 Å². The molecule has 2 aliphatic carbocycles. The van der Waals surface area contributed by atoms with Gasteiger partial charge in [0.1, 0.15) is 6.10 Å². The zero-order valence-corrected chi connectivity index (χ0v) is 16.2. The molecule has 156 valence electrons. The Kier molecular flexibility index (Phi) is 5.44. The summed E-state index contributed by atoms with van der Waals surface area (Å²) in [4.78, 5) is 24.4. The molecule has 0 aromatic heterocycles. The fourth-order valence-corrected chi connectivity index (χ4v) is 5.14. The minimum atomic E-state index is -1.14. The first-order valence-electron chi connectivity index (χ1n) is 9.38. The number of aliphatic hydroxyl groups is 3. The molecule has 8 heteroatoms. The van der Waals surface area contributed by atoms with Gasteiger partial charge in [-0.15, -0.1) is 0 Å². The predicted molar refractivity (Wildman–Crippen MR) is 96.9 cm³/mol. The van der Waals surface area contributed by atoms with E-state index in [2.05, 4.69) is 13.2 Å². The van der Waals surface area contributed by atoms with Crippen molar-refractivity contribution in [2.45, 2.75) is 50.1 Å². The SMILES string of the molecule is C=C(CO)C(=O)OC1CC2(C)C(O)CCC3(CO3)C2C(O)C1C(=C)C(=O)OC. The molecular weight excluding hydrogens is 368 g/mol. The maximum atomic E-state index is 12.2. The van der Waals surface area contributed by atoms with E-state index in [0.29, 0.717) is 19.4 Å². The average Bonchev–Trinajstić information content (AvgIpc) is 3.43. The van der Waals surface area contributed by atoms with Crippen LogP contribution in [0.15, 0.2) is 24.3 Å². The molecule has 0 aromatic rings. The summed E-state index contributed by atoms with van der Waals surface area (Å²) in [5.74, 6) is -2.91. The number of esters is 2. The Morgan fingerprint density at radius 3 is 2.43 bits per heavy atom. The number of ether oxygens (including phenoxy) is 3. The zero-order valence-electron chi connectivity index (χ0n) is 16.2. The molecule has 2 saturated carbocycles. The standard InChI is InChI=1S/C20H28O8/c1-10(8-21)17(24)28-12-7-19(3)13(22)5-6-20(9-27-20)16(19)15(23)14(12)11(2)18(25)26-4/h12-16,21-23H,1-2,5-9H2,3-4H3. The quantitative estimate of drug-likeness (QED) is 0.339. The molecule has 7 atom stereocenters. The zero-order chi connectivity index (χ0) is 20.9. The first-order valence-corrected chi connectivity index (χ1v) is 9.38. The maximum absolute atomic E-state index is 12.2. The van der Waals surface area contributed by atoms with Crippen LogP contribution in [0.4, 0.5) is 0 Å². The van der Waals surface area contributed by atoms with Gasteiger partial charge < -0.3 is 29.5 Å². The van der Waals surface area contributed by atoms with Crippen molar-refractivity contribution in [3.8, 4) is 0 Å². The van der Waals surface area contributed by atoms with Crippen molar-refractivity contribution < 1.29 is 39.1 Å². The molecule has 3 fully saturated rings. The van der Waals surface area contributed by atoms with Crippen LogP contribution in [0.25, 0.3) is 0 Å². The van der Waals surface area contributed by atoms with E-state index in [1.807, 2.05) is 6.92 Å². The van der Waals surface area contributed by atoms with Crippen LogP contribution in [-0.4, -0.2) is 71.5 Å². The van der Waals surface area contributed by atoms with Crippen molar-refractivity contribution in [3.63, 3.8) is 0 Å². The van der Waals surface area contributed by atoms with Crippen LogP contribution < -0.4 is 0 Å². The van der Waals surface area contributed by atoms with Crippen LogP contribution in [0.1, 0.15) is 26.2 Å². The Morgan fingerprint density at radius 1 is 1.25 bits per heavy atom. The smallest absolute Gasteiger partial charge is 0.336 e. The van der Waals surface area contributed by atoms with Crippen LogP contribution in [0.5, 0.6) is 0 Å². The Balaban J connectivity index is 1.99. The van der Waals surface area contributed by atoms with Crippen molar-refractivity contribution in [1.29, 1.82) is 0 Å². The highest BCUT2D eigenvalue weighted by Crippen LogP contribution is 2.61. The van der Waals surface area contributed by atoms with Gasteiger partial charge in [0, 0.05) is 16.9 Å². The van der Waals surface area contributed by atoms with Crippen LogP contribution in [-0.2, 0) is 23.8 Å². The van der Waals surface area contributed by atoms with E-state index in [-0.39, 0.29) is 17.6 Å². The summed E-state index contributed by atoms with van der Waals surface area (Å²) < 4.78 is 16.0. The van der Waals surface area contributed by atoms with Gasteiger partial charge in [-0.05, 0) is 19.3 Å². The van der Waals surface area contributed by atoms with Crippen molar-refractivity contribution in [3.05, 3.63) is 24.3 Å². The Bertz CT molecular complexity index is 696. The van der Waals surface area contributed by atoms with Crippen LogP contribution in [0.2, 0.25) is 0 Å². The van der Waals surface area contributed by atoms with Gasteiger partial charge in [0.25, 0.3) is 0 Å². The largest absolute Gasteiger partial charge is 0.466 e. The highest BCUT2D eigenvalue weighted by Gasteiger charge is 2.69. The van der Waals surface area contributed by atoms with Gasteiger partial charge in [0.2, 0.25) is 0 Å². The summed E-state index contributed by atoms with van der Waals surface area (Å²) in [5, 5.41) is 31.2.